The second-order valence-electron chi connectivity index (χ2n) is 7.63. The van der Waals surface area contributed by atoms with Crippen LogP contribution in [0.1, 0.15) is 34.5 Å². The topological polar surface area (TPSA) is 58.4 Å². The van der Waals surface area contributed by atoms with Crippen LogP contribution < -0.4 is 5.32 Å². The van der Waals surface area contributed by atoms with Crippen LogP contribution in [0.4, 0.5) is 0 Å². The van der Waals surface area contributed by atoms with Gasteiger partial charge in [-0.15, -0.1) is 11.8 Å². The summed E-state index contributed by atoms with van der Waals surface area (Å²) in [7, 11) is 0. The van der Waals surface area contributed by atoms with Gasteiger partial charge in [-0.3, -0.25) is 9.69 Å². The van der Waals surface area contributed by atoms with Gasteiger partial charge in [-0.2, -0.15) is 0 Å². The zero-order valence-electron chi connectivity index (χ0n) is 16.1. The zero-order valence-corrected chi connectivity index (χ0v) is 17.0. The highest BCUT2D eigenvalue weighted by molar-refractivity contribution is 7.98. The van der Waals surface area contributed by atoms with Crippen molar-refractivity contribution in [2.24, 2.45) is 0 Å². The minimum absolute atomic E-state index is 0.114. The van der Waals surface area contributed by atoms with E-state index < -0.39 is 0 Å². The molecule has 2 aliphatic rings. The monoisotopic (exact) mass is 405 g/mol. The number of likely N-dealkylation sites (tertiary alicyclic amines) is 1. The van der Waals surface area contributed by atoms with Gasteiger partial charge in [-0.1, -0.05) is 47.6 Å². The summed E-state index contributed by atoms with van der Waals surface area (Å²) in [5.41, 5.74) is 3.71. The van der Waals surface area contributed by atoms with Gasteiger partial charge in [0.15, 0.2) is 11.5 Å². The number of hydrogen-bond acceptors (Lipinski definition) is 5. The van der Waals surface area contributed by atoms with Crippen molar-refractivity contribution < 1.29 is 9.32 Å². The Hall–Kier alpha value is -2.57. The smallest absolute Gasteiger partial charge is 0.274 e. The molecule has 3 aromatic rings. The van der Waals surface area contributed by atoms with Crippen LogP contribution in [0.3, 0.4) is 0 Å². The Balaban J connectivity index is 1.21. The van der Waals surface area contributed by atoms with E-state index in [-0.39, 0.29) is 11.9 Å². The van der Waals surface area contributed by atoms with E-state index in [2.05, 4.69) is 45.7 Å². The molecule has 148 valence electrons. The van der Waals surface area contributed by atoms with Crippen LogP contribution in [-0.2, 0) is 12.3 Å². The fraction of sp³-hybridized carbons (Fsp3) is 0.304. The minimum Gasteiger partial charge on any atom is -0.355 e. The van der Waals surface area contributed by atoms with Crippen molar-refractivity contribution in [1.82, 2.24) is 15.4 Å². The Bertz CT molecular complexity index is 1010. The van der Waals surface area contributed by atoms with E-state index in [1.165, 1.54) is 10.5 Å². The first-order chi connectivity index (χ1) is 14.3. The first kappa shape index (κ1) is 18.5. The molecule has 1 aromatic heterocycles. The third-order valence-electron chi connectivity index (χ3n) is 5.68. The molecule has 0 aliphatic carbocycles. The van der Waals surface area contributed by atoms with Crippen LogP contribution in [0, 0.1) is 0 Å². The highest BCUT2D eigenvalue weighted by Crippen LogP contribution is 2.42. The Morgan fingerprint density at radius 1 is 1.10 bits per heavy atom. The van der Waals surface area contributed by atoms with Crippen LogP contribution in [0.15, 0.2) is 64.0 Å². The lowest BCUT2D eigenvalue weighted by Crippen LogP contribution is -2.44. The van der Waals surface area contributed by atoms with E-state index in [4.69, 9.17) is 4.52 Å². The number of piperidine rings is 1. The summed E-state index contributed by atoms with van der Waals surface area (Å²) in [4.78, 5) is 16.5. The molecule has 0 spiro atoms. The second kappa shape index (κ2) is 8.05. The quantitative estimate of drug-likeness (QED) is 0.700. The summed E-state index contributed by atoms with van der Waals surface area (Å²) in [5.74, 6) is 1.34. The molecule has 0 atom stereocenters. The summed E-state index contributed by atoms with van der Waals surface area (Å²) < 4.78 is 5.57. The van der Waals surface area contributed by atoms with Gasteiger partial charge < -0.3 is 9.84 Å². The number of nitrogens with zero attached hydrogens (tertiary/aromatic N) is 2. The molecule has 0 saturated carbocycles. The Kier molecular flexibility index (Phi) is 5.12. The first-order valence-corrected chi connectivity index (χ1v) is 11.0. The molecule has 1 amide bonds. The van der Waals surface area contributed by atoms with Gasteiger partial charge in [0.1, 0.15) is 0 Å². The van der Waals surface area contributed by atoms with Gasteiger partial charge in [0.2, 0.25) is 0 Å². The number of hydrogen-bond donors (Lipinski definition) is 1. The molecule has 0 radical (unpaired) electrons. The number of aromatic nitrogens is 1. The van der Waals surface area contributed by atoms with E-state index in [0.717, 1.165) is 49.4 Å². The maximum atomic E-state index is 12.9. The Morgan fingerprint density at radius 3 is 2.69 bits per heavy atom. The predicted octanol–water partition coefficient (Wildman–Crippen LogP) is 4.34. The molecule has 2 aliphatic heterocycles. The maximum Gasteiger partial charge on any atom is 0.274 e. The highest BCUT2D eigenvalue weighted by atomic mass is 32.2. The lowest BCUT2D eigenvalue weighted by Gasteiger charge is -2.32. The summed E-state index contributed by atoms with van der Waals surface area (Å²) in [5, 5.41) is 7.30. The van der Waals surface area contributed by atoms with Crippen LogP contribution in [-0.4, -0.2) is 35.1 Å². The largest absolute Gasteiger partial charge is 0.355 e. The third-order valence-corrected chi connectivity index (χ3v) is 6.78. The van der Waals surface area contributed by atoms with Gasteiger partial charge in [0.25, 0.3) is 5.91 Å². The molecule has 1 saturated heterocycles. The summed E-state index contributed by atoms with van der Waals surface area (Å²) in [6, 6.07) is 18.8. The SMILES string of the molecule is O=C(NC1CCN(Cc2ccccc2)CC1)c1noc2c1CSc1ccccc1-2. The van der Waals surface area contributed by atoms with E-state index in [1.54, 1.807) is 11.8 Å². The molecule has 0 unspecified atom stereocenters. The number of thioether (sulfide) groups is 1. The number of fused-ring (bicyclic) bond motifs is 3. The zero-order chi connectivity index (χ0) is 19.6. The summed E-state index contributed by atoms with van der Waals surface area (Å²) in [6.07, 6.45) is 1.91. The van der Waals surface area contributed by atoms with Gasteiger partial charge in [0, 0.05) is 47.5 Å². The lowest BCUT2D eigenvalue weighted by molar-refractivity contribution is 0.0899. The molecule has 5 rings (SSSR count). The summed E-state index contributed by atoms with van der Waals surface area (Å²) in [6.45, 7) is 2.94. The number of carbonyl (C=O) groups is 1. The first-order valence-electron chi connectivity index (χ1n) is 10.1. The lowest BCUT2D eigenvalue weighted by atomic mass is 10.0. The van der Waals surface area contributed by atoms with Crippen LogP contribution in [0.5, 0.6) is 0 Å². The van der Waals surface area contributed by atoms with Crippen LogP contribution in [0.2, 0.25) is 0 Å². The van der Waals surface area contributed by atoms with Crippen LogP contribution in [0.25, 0.3) is 11.3 Å². The average molecular weight is 406 g/mol. The van der Waals surface area contributed by atoms with Crippen molar-refractivity contribution >= 4 is 17.7 Å². The molecular formula is C23H23N3O2S. The fourth-order valence-electron chi connectivity index (χ4n) is 4.09. The van der Waals surface area contributed by atoms with Gasteiger partial charge in [-0.05, 0) is 30.5 Å². The standard InChI is InChI=1S/C23H23N3O2S/c27-23(21-19-15-29-20-9-5-4-8-18(20)22(19)28-25-21)24-17-10-12-26(13-11-17)14-16-6-2-1-3-7-16/h1-9,17H,10-15H2,(H,24,27). The molecular weight excluding hydrogens is 382 g/mol. The van der Waals surface area contributed by atoms with Crippen LogP contribution >= 0.6 is 11.8 Å². The average Bonchev–Trinajstić information content (AvgIpc) is 3.21. The highest BCUT2D eigenvalue weighted by Gasteiger charge is 2.29. The number of amides is 1. The van der Waals surface area contributed by atoms with Crippen molar-refractivity contribution in [3.63, 3.8) is 0 Å². The molecule has 2 aromatic carbocycles. The molecule has 0 bridgehead atoms. The number of carbonyl (C=O) groups excluding carboxylic acids is 1. The Labute approximate surface area is 174 Å². The van der Waals surface area contributed by atoms with Crippen molar-refractivity contribution in [1.29, 1.82) is 0 Å². The Morgan fingerprint density at radius 2 is 1.86 bits per heavy atom. The number of rotatable bonds is 4. The van der Waals surface area contributed by atoms with E-state index >= 15 is 0 Å². The minimum atomic E-state index is -0.114. The van der Waals surface area contributed by atoms with Crippen molar-refractivity contribution in [2.45, 2.75) is 36.1 Å². The van der Waals surface area contributed by atoms with Gasteiger partial charge in [-0.25, -0.2) is 0 Å². The van der Waals surface area contributed by atoms with E-state index in [0.29, 0.717) is 11.4 Å². The molecule has 6 heteroatoms. The molecule has 1 fully saturated rings. The summed E-state index contributed by atoms with van der Waals surface area (Å²) >= 11 is 1.73. The molecule has 29 heavy (non-hydrogen) atoms. The van der Waals surface area contributed by atoms with Crippen molar-refractivity contribution in [3.8, 4) is 11.3 Å². The van der Waals surface area contributed by atoms with E-state index in [1.807, 2.05) is 24.3 Å². The second-order valence-corrected chi connectivity index (χ2v) is 8.65. The van der Waals surface area contributed by atoms with Crippen molar-refractivity contribution in [2.75, 3.05) is 13.1 Å². The number of benzene rings is 2. The number of nitrogens with one attached hydrogen (secondary N) is 1. The molecule has 5 nitrogen and oxygen atoms in total. The molecule has 1 N–H and O–H groups in total. The normalized spacial score (nSPS) is 16.8. The maximum absolute atomic E-state index is 12.9. The predicted molar refractivity (Wildman–Crippen MR) is 114 cm³/mol. The third kappa shape index (κ3) is 3.82. The van der Waals surface area contributed by atoms with Gasteiger partial charge >= 0.3 is 0 Å². The fourth-order valence-corrected chi connectivity index (χ4v) is 5.15. The van der Waals surface area contributed by atoms with Gasteiger partial charge in [0.05, 0.1) is 0 Å². The van der Waals surface area contributed by atoms with Crippen molar-refractivity contribution in [3.05, 3.63) is 71.4 Å². The molecule has 3 heterocycles. The van der Waals surface area contributed by atoms with E-state index in [9.17, 15) is 4.79 Å².